The van der Waals surface area contributed by atoms with Gasteiger partial charge in [0.15, 0.2) is 0 Å². The Morgan fingerprint density at radius 1 is 1.32 bits per heavy atom. The number of nitrogens with zero attached hydrogens (tertiary/aromatic N) is 2. The summed E-state index contributed by atoms with van der Waals surface area (Å²) in [6.45, 7) is 2.37. The lowest BCUT2D eigenvalue weighted by atomic mass is 9.85. The van der Waals surface area contributed by atoms with Gasteiger partial charge in [-0.3, -0.25) is 14.2 Å². The third kappa shape index (κ3) is 4.32. The van der Waals surface area contributed by atoms with Crippen molar-refractivity contribution in [2.45, 2.75) is 37.1 Å². The van der Waals surface area contributed by atoms with E-state index in [0.717, 1.165) is 17.1 Å². The van der Waals surface area contributed by atoms with Gasteiger partial charge in [-0.2, -0.15) is 5.10 Å². The maximum atomic E-state index is 12.3. The molecule has 1 aromatic carbocycles. The molecule has 1 heterocycles. The van der Waals surface area contributed by atoms with Crippen molar-refractivity contribution in [3.8, 4) is 0 Å². The van der Waals surface area contributed by atoms with E-state index in [-0.39, 0.29) is 10.6 Å². The van der Waals surface area contributed by atoms with Crippen molar-refractivity contribution in [2.24, 2.45) is 0 Å². The molecule has 2 rings (SSSR count). The molecule has 0 radical (unpaired) electrons. The molecule has 0 unspecified atom stereocenters. The van der Waals surface area contributed by atoms with E-state index in [4.69, 9.17) is 0 Å². The van der Waals surface area contributed by atoms with E-state index >= 15 is 0 Å². The molecule has 0 spiro atoms. The van der Waals surface area contributed by atoms with E-state index in [0.29, 0.717) is 5.56 Å². The fourth-order valence-corrected chi connectivity index (χ4v) is 3.03. The fourth-order valence-electron chi connectivity index (χ4n) is 2.02. The average molecular weight is 373 g/mol. The van der Waals surface area contributed by atoms with Gasteiger partial charge in [-0.25, -0.2) is 17.2 Å². The lowest BCUT2D eigenvalue weighted by molar-refractivity contribution is -0.142. The van der Waals surface area contributed by atoms with Crippen molar-refractivity contribution in [1.82, 2.24) is 9.78 Å². The minimum absolute atomic E-state index is 0.214. The van der Waals surface area contributed by atoms with Crippen molar-refractivity contribution in [3.63, 3.8) is 0 Å². The zero-order valence-electron chi connectivity index (χ0n) is 13.5. The molecule has 136 valence electrons. The third-order valence-corrected chi connectivity index (χ3v) is 4.97. The first-order valence-electron chi connectivity index (χ1n) is 7.20. The number of alkyl halides is 2. The molecule has 0 fully saturated rings. The van der Waals surface area contributed by atoms with Crippen LogP contribution in [0.4, 0.5) is 14.5 Å². The number of aromatic nitrogens is 2. The number of hydrogen-bond donors (Lipinski definition) is 2. The number of aliphatic carboxylic acids is 1. The molecule has 0 aliphatic heterocycles. The Kier molecular flexibility index (Phi) is 5.12. The first kappa shape index (κ1) is 18.8. The number of halogens is 2. The first-order chi connectivity index (χ1) is 11.5. The highest BCUT2D eigenvalue weighted by atomic mass is 32.2. The lowest BCUT2D eigenvalue weighted by Crippen LogP contribution is -2.28. The molecule has 0 amide bonds. The molecule has 0 atom stereocenters. The van der Waals surface area contributed by atoms with E-state index < -0.39 is 34.4 Å². The smallest absolute Gasteiger partial charge is 0.313 e. The van der Waals surface area contributed by atoms with Crippen LogP contribution in [0.1, 0.15) is 19.4 Å². The maximum absolute atomic E-state index is 12.3. The number of carboxylic acid groups (broad SMARTS) is 1. The second-order valence-corrected chi connectivity index (χ2v) is 7.58. The standard InChI is InChI=1S/C15H17F2N3O4S/c1-15(2,14(21)22)10-3-5-11(6-4-10)19-25(23,24)12-7-18-20(8-12)9-13(16)17/h3-8,13,19H,9H2,1-2H3,(H,21,22). The molecule has 0 bridgehead atoms. The summed E-state index contributed by atoms with van der Waals surface area (Å²) in [5, 5.41) is 12.8. The summed E-state index contributed by atoms with van der Waals surface area (Å²) in [7, 11) is -3.99. The van der Waals surface area contributed by atoms with Crippen LogP contribution in [0.5, 0.6) is 0 Å². The van der Waals surface area contributed by atoms with Crippen LogP contribution < -0.4 is 4.72 Å². The molecule has 0 saturated carbocycles. The normalized spacial score (nSPS) is 12.4. The van der Waals surface area contributed by atoms with Crippen molar-refractivity contribution in [2.75, 3.05) is 4.72 Å². The number of nitrogens with one attached hydrogen (secondary N) is 1. The van der Waals surface area contributed by atoms with Crippen LogP contribution in [0.2, 0.25) is 0 Å². The van der Waals surface area contributed by atoms with Gasteiger partial charge in [-0.15, -0.1) is 0 Å². The van der Waals surface area contributed by atoms with E-state index in [9.17, 15) is 27.1 Å². The predicted molar refractivity (Wildman–Crippen MR) is 86.1 cm³/mol. The highest BCUT2D eigenvalue weighted by Crippen LogP contribution is 2.25. The summed E-state index contributed by atoms with van der Waals surface area (Å²) < 4.78 is 52.2. The fraction of sp³-hybridized carbons (Fsp3) is 0.333. The number of sulfonamides is 1. The van der Waals surface area contributed by atoms with E-state index in [1.165, 1.54) is 38.1 Å². The summed E-state index contributed by atoms with van der Waals surface area (Å²) in [6.07, 6.45) is -0.656. The zero-order chi connectivity index (χ0) is 18.8. The second kappa shape index (κ2) is 6.79. The largest absolute Gasteiger partial charge is 0.481 e. The Hall–Kier alpha value is -2.49. The highest BCUT2D eigenvalue weighted by molar-refractivity contribution is 7.92. The summed E-state index contributed by atoms with van der Waals surface area (Å²) in [6, 6.07) is 5.88. The zero-order valence-corrected chi connectivity index (χ0v) is 14.3. The van der Waals surface area contributed by atoms with Crippen molar-refractivity contribution < 1.29 is 27.1 Å². The molecular formula is C15H17F2N3O4S. The Bertz CT molecular complexity index is 861. The first-order valence-corrected chi connectivity index (χ1v) is 8.68. The molecular weight excluding hydrogens is 356 g/mol. The van der Waals surface area contributed by atoms with E-state index in [1.54, 1.807) is 0 Å². The molecule has 7 nitrogen and oxygen atoms in total. The number of benzene rings is 1. The summed E-state index contributed by atoms with van der Waals surface area (Å²) in [4.78, 5) is 11.0. The number of rotatable bonds is 7. The minimum Gasteiger partial charge on any atom is -0.481 e. The van der Waals surface area contributed by atoms with Crippen molar-refractivity contribution in [3.05, 3.63) is 42.2 Å². The molecule has 10 heteroatoms. The number of anilines is 1. The van der Waals surface area contributed by atoms with Gasteiger partial charge >= 0.3 is 5.97 Å². The number of carbonyl (C=O) groups is 1. The van der Waals surface area contributed by atoms with Crippen LogP contribution in [-0.4, -0.2) is 35.7 Å². The summed E-state index contributed by atoms with van der Waals surface area (Å²) in [5.74, 6) is -1.01. The third-order valence-electron chi connectivity index (χ3n) is 3.64. The van der Waals surface area contributed by atoms with Crippen LogP contribution in [0, 0.1) is 0 Å². The monoisotopic (exact) mass is 373 g/mol. The maximum Gasteiger partial charge on any atom is 0.313 e. The van der Waals surface area contributed by atoms with Crippen LogP contribution in [0.25, 0.3) is 0 Å². The predicted octanol–water partition coefficient (Wildman–Crippen LogP) is 2.31. The second-order valence-electron chi connectivity index (χ2n) is 5.90. The van der Waals surface area contributed by atoms with Gasteiger partial charge in [0.2, 0.25) is 0 Å². The molecule has 2 aromatic rings. The highest BCUT2D eigenvalue weighted by Gasteiger charge is 2.29. The quantitative estimate of drug-likeness (QED) is 0.776. The van der Waals surface area contributed by atoms with Gasteiger partial charge in [0.25, 0.3) is 16.4 Å². The van der Waals surface area contributed by atoms with Crippen LogP contribution >= 0.6 is 0 Å². The van der Waals surface area contributed by atoms with E-state index in [1.807, 2.05) is 0 Å². The molecule has 1 aromatic heterocycles. The number of hydrogen-bond acceptors (Lipinski definition) is 4. The van der Waals surface area contributed by atoms with Crippen LogP contribution in [0.15, 0.2) is 41.6 Å². The van der Waals surface area contributed by atoms with Gasteiger partial charge in [-0.05, 0) is 31.5 Å². The molecule has 25 heavy (non-hydrogen) atoms. The van der Waals surface area contributed by atoms with Gasteiger partial charge in [0, 0.05) is 11.9 Å². The van der Waals surface area contributed by atoms with Crippen LogP contribution in [-0.2, 0) is 26.8 Å². The molecule has 2 N–H and O–H groups in total. The van der Waals surface area contributed by atoms with Gasteiger partial charge in [0.1, 0.15) is 11.4 Å². The molecule has 0 aliphatic carbocycles. The topological polar surface area (TPSA) is 101 Å². The van der Waals surface area contributed by atoms with Gasteiger partial charge in [0.05, 0.1) is 11.6 Å². The van der Waals surface area contributed by atoms with Gasteiger partial charge in [-0.1, -0.05) is 12.1 Å². The van der Waals surface area contributed by atoms with Crippen LogP contribution in [0.3, 0.4) is 0 Å². The lowest BCUT2D eigenvalue weighted by Gasteiger charge is -2.19. The average Bonchev–Trinajstić information content (AvgIpc) is 2.96. The Labute approximate surface area is 143 Å². The Balaban J connectivity index is 2.18. The Morgan fingerprint density at radius 2 is 1.92 bits per heavy atom. The van der Waals surface area contributed by atoms with Crippen molar-refractivity contribution in [1.29, 1.82) is 0 Å². The minimum atomic E-state index is -3.99. The SMILES string of the molecule is CC(C)(C(=O)O)c1ccc(NS(=O)(=O)c2cnn(CC(F)F)c2)cc1. The summed E-state index contributed by atoms with van der Waals surface area (Å²) in [5.41, 5.74) is -0.396. The molecule has 0 aliphatic rings. The van der Waals surface area contributed by atoms with E-state index in [2.05, 4.69) is 9.82 Å². The Morgan fingerprint density at radius 3 is 2.44 bits per heavy atom. The molecule has 0 saturated heterocycles. The summed E-state index contributed by atoms with van der Waals surface area (Å²) >= 11 is 0. The number of carboxylic acids is 1. The van der Waals surface area contributed by atoms with Crippen molar-refractivity contribution >= 4 is 21.7 Å². The van der Waals surface area contributed by atoms with Gasteiger partial charge < -0.3 is 5.11 Å².